The van der Waals surface area contributed by atoms with E-state index in [9.17, 15) is 4.79 Å². The lowest BCUT2D eigenvalue weighted by Gasteiger charge is -2.06. The second kappa shape index (κ2) is 27.4. The molecule has 0 fully saturated rings. The minimum absolute atomic E-state index is 0.334. The van der Waals surface area contributed by atoms with Gasteiger partial charge in [0.1, 0.15) is 0 Å². The number of hydrogen-bond donors (Lipinski definition) is 1. The third-order valence-electron chi connectivity index (χ3n) is 5.57. The Balaban J connectivity index is 3.00. The van der Waals surface area contributed by atoms with Crippen molar-refractivity contribution in [3.8, 4) is 0 Å². The van der Waals surface area contributed by atoms with Gasteiger partial charge >= 0.3 is 5.97 Å². The van der Waals surface area contributed by atoms with Crippen LogP contribution in [-0.4, -0.2) is 50.7 Å². The van der Waals surface area contributed by atoms with Crippen LogP contribution in [-0.2, 0) is 19.0 Å². The molecule has 1 radical (unpaired) electrons. The molecular formula is C26H51O5. The quantitative estimate of drug-likeness (QED) is 0.139. The molecule has 0 aromatic carbocycles. The van der Waals surface area contributed by atoms with E-state index in [-0.39, 0.29) is 0 Å². The first-order valence-electron chi connectivity index (χ1n) is 13.0. The molecular weight excluding hydrogens is 392 g/mol. The topological polar surface area (TPSA) is 65.0 Å². The van der Waals surface area contributed by atoms with Gasteiger partial charge in [-0.25, -0.2) is 0 Å². The number of rotatable bonds is 27. The van der Waals surface area contributed by atoms with Gasteiger partial charge in [-0.1, -0.05) is 96.3 Å². The van der Waals surface area contributed by atoms with Gasteiger partial charge in [0, 0.05) is 19.6 Å². The molecule has 0 aliphatic rings. The Hall–Kier alpha value is -0.650. The van der Waals surface area contributed by atoms with Crippen LogP contribution in [0.4, 0.5) is 0 Å². The fraction of sp³-hybridized carbons (Fsp3) is 0.923. The first-order chi connectivity index (χ1) is 15.3. The summed E-state index contributed by atoms with van der Waals surface area (Å²) in [5, 5.41) is 8.59. The van der Waals surface area contributed by atoms with Crippen molar-refractivity contribution in [2.45, 2.75) is 116 Å². The zero-order valence-corrected chi connectivity index (χ0v) is 20.3. The highest BCUT2D eigenvalue weighted by molar-refractivity contribution is 5.66. The van der Waals surface area contributed by atoms with Crippen molar-refractivity contribution in [3.63, 3.8) is 0 Å². The SMILES string of the molecule is [CH2]COCCOCCOCCCCCCCCCCCCCCCCCCCC(=O)O. The van der Waals surface area contributed by atoms with Crippen LogP contribution in [0, 0.1) is 6.92 Å². The molecule has 0 saturated carbocycles. The van der Waals surface area contributed by atoms with Crippen LogP contribution < -0.4 is 0 Å². The lowest BCUT2D eigenvalue weighted by atomic mass is 10.0. The molecule has 0 aliphatic heterocycles. The average molecular weight is 444 g/mol. The first kappa shape index (κ1) is 30.4. The monoisotopic (exact) mass is 443 g/mol. The number of unbranched alkanes of at least 4 members (excludes halogenated alkanes) is 16. The Morgan fingerprint density at radius 1 is 0.484 bits per heavy atom. The zero-order chi connectivity index (χ0) is 22.7. The van der Waals surface area contributed by atoms with Crippen LogP contribution in [0.1, 0.15) is 116 Å². The molecule has 1 N–H and O–H groups in total. The highest BCUT2D eigenvalue weighted by Crippen LogP contribution is 2.14. The summed E-state index contributed by atoms with van der Waals surface area (Å²) in [5.41, 5.74) is 0. The smallest absolute Gasteiger partial charge is 0.303 e. The minimum atomic E-state index is -0.661. The maximum Gasteiger partial charge on any atom is 0.303 e. The summed E-state index contributed by atoms with van der Waals surface area (Å²) in [4.78, 5) is 10.4. The van der Waals surface area contributed by atoms with Crippen LogP contribution in [0.2, 0.25) is 0 Å². The van der Waals surface area contributed by atoms with Gasteiger partial charge in [-0.3, -0.25) is 4.79 Å². The fourth-order valence-electron chi connectivity index (χ4n) is 3.67. The van der Waals surface area contributed by atoms with E-state index in [1.54, 1.807) is 0 Å². The van der Waals surface area contributed by atoms with Crippen molar-refractivity contribution >= 4 is 5.97 Å². The number of carboxylic acids is 1. The maximum atomic E-state index is 10.4. The van der Waals surface area contributed by atoms with Crippen molar-refractivity contribution in [1.29, 1.82) is 0 Å². The number of aliphatic carboxylic acids is 1. The van der Waals surface area contributed by atoms with E-state index in [0.717, 1.165) is 25.9 Å². The number of ether oxygens (including phenoxy) is 3. The predicted octanol–water partition coefficient (Wildman–Crippen LogP) is 6.98. The molecule has 0 unspecified atom stereocenters. The minimum Gasteiger partial charge on any atom is -0.481 e. The highest BCUT2D eigenvalue weighted by atomic mass is 16.5. The van der Waals surface area contributed by atoms with E-state index in [2.05, 4.69) is 6.92 Å². The number of carbonyl (C=O) groups is 1. The molecule has 0 bridgehead atoms. The summed E-state index contributed by atoms with van der Waals surface area (Å²) in [5.74, 6) is -0.661. The van der Waals surface area contributed by atoms with Crippen LogP contribution in [0.5, 0.6) is 0 Å². The molecule has 0 amide bonds. The average Bonchev–Trinajstić information content (AvgIpc) is 2.76. The summed E-state index contributed by atoms with van der Waals surface area (Å²) in [6, 6.07) is 0. The van der Waals surface area contributed by atoms with Crippen molar-refractivity contribution < 1.29 is 24.1 Å². The van der Waals surface area contributed by atoms with E-state index in [1.165, 1.54) is 89.9 Å². The van der Waals surface area contributed by atoms with Crippen molar-refractivity contribution in [2.75, 3.05) is 39.6 Å². The Morgan fingerprint density at radius 2 is 0.806 bits per heavy atom. The number of hydrogen-bond acceptors (Lipinski definition) is 4. The molecule has 31 heavy (non-hydrogen) atoms. The van der Waals surface area contributed by atoms with E-state index in [4.69, 9.17) is 19.3 Å². The molecule has 0 saturated heterocycles. The number of carboxylic acid groups (broad SMARTS) is 1. The Kier molecular flexibility index (Phi) is 26.8. The third-order valence-corrected chi connectivity index (χ3v) is 5.57. The summed E-state index contributed by atoms with van der Waals surface area (Å²) in [6.45, 7) is 7.52. The van der Waals surface area contributed by atoms with Gasteiger partial charge in [-0.05, 0) is 19.8 Å². The zero-order valence-electron chi connectivity index (χ0n) is 20.3. The van der Waals surface area contributed by atoms with Gasteiger partial charge in [0.05, 0.1) is 26.4 Å². The second-order valence-electron chi connectivity index (χ2n) is 8.49. The van der Waals surface area contributed by atoms with E-state index in [1.807, 2.05) is 0 Å². The molecule has 5 nitrogen and oxygen atoms in total. The van der Waals surface area contributed by atoms with Crippen LogP contribution in [0.25, 0.3) is 0 Å². The summed E-state index contributed by atoms with van der Waals surface area (Å²) in [6.07, 6.45) is 22.2. The summed E-state index contributed by atoms with van der Waals surface area (Å²) < 4.78 is 16.1. The largest absolute Gasteiger partial charge is 0.481 e. The van der Waals surface area contributed by atoms with Gasteiger partial charge in [0.2, 0.25) is 0 Å². The van der Waals surface area contributed by atoms with Crippen LogP contribution in [0.15, 0.2) is 0 Å². The lowest BCUT2D eigenvalue weighted by molar-refractivity contribution is -0.137. The first-order valence-corrected chi connectivity index (χ1v) is 13.0. The molecule has 185 valence electrons. The van der Waals surface area contributed by atoms with Gasteiger partial charge in [0.25, 0.3) is 0 Å². The predicted molar refractivity (Wildman–Crippen MR) is 129 cm³/mol. The second-order valence-corrected chi connectivity index (χ2v) is 8.49. The summed E-state index contributed by atoms with van der Waals surface area (Å²) >= 11 is 0. The molecule has 0 spiro atoms. The van der Waals surface area contributed by atoms with Gasteiger partial charge < -0.3 is 19.3 Å². The Bertz CT molecular complexity index is 349. The van der Waals surface area contributed by atoms with Gasteiger partial charge in [-0.15, -0.1) is 0 Å². The Labute approximate surface area is 192 Å². The molecule has 5 heteroatoms. The standard InChI is InChI=1S/C26H51O5/c1-2-29-22-23-31-25-24-30-21-19-17-15-13-11-9-7-5-3-4-6-8-10-12-14-16-18-20-26(27)28/h1-25H2,(H,27,28). The maximum absolute atomic E-state index is 10.4. The normalized spacial score (nSPS) is 11.3. The van der Waals surface area contributed by atoms with Crippen molar-refractivity contribution in [3.05, 3.63) is 6.92 Å². The van der Waals surface area contributed by atoms with Gasteiger partial charge in [0.15, 0.2) is 0 Å². The van der Waals surface area contributed by atoms with Gasteiger partial charge in [-0.2, -0.15) is 0 Å². The van der Waals surface area contributed by atoms with Crippen molar-refractivity contribution in [2.24, 2.45) is 0 Å². The Morgan fingerprint density at radius 3 is 1.19 bits per heavy atom. The summed E-state index contributed by atoms with van der Waals surface area (Å²) in [7, 11) is 0. The molecule has 0 rings (SSSR count). The lowest BCUT2D eigenvalue weighted by Crippen LogP contribution is -2.09. The van der Waals surface area contributed by atoms with E-state index in [0.29, 0.717) is 39.5 Å². The molecule has 0 aromatic rings. The molecule has 0 heterocycles. The van der Waals surface area contributed by atoms with Crippen LogP contribution >= 0.6 is 0 Å². The van der Waals surface area contributed by atoms with E-state index < -0.39 is 5.97 Å². The fourth-order valence-corrected chi connectivity index (χ4v) is 3.67. The van der Waals surface area contributed by atoms with Crippen molar-refractivity contribution in [1.82, 2.24) is 0 Å². The molecule has 0 atom stereocenters. The molecule has 0 aliphatic carbocycles. The molecule has 0 aromatic heterocycles. The van der Waals surface area contributed by atoms with Crippen LogP contribution in [0.3, 0.4) is 0 Å². The highest BCUT2D eigenvalue weighted by Gasteiger charge is 1.97. The third kappa shape index (κ3) is 29.4. The van der Waals surface area contributed by atoms with E-state index >= 15 is 0 Å².